The molecule has 1 N–H and O–H groups in total. The van der Waals surface area contributed by atoms with Gasteiger partial charge in [0, 0.05) is 18.5 Å². The molecule has 136 valence electrons. The highest BCUT2D eigenvalue weighted by molar-refractivity contribution is 7.11. The number of carbonyl (C=O) groups excluding carboxylic acids is 1. The summed E-state index contributed by atoms with van der Waals surface area (Å²) in [7, 11) is 0. The molecule has 0 radical (unpaired) electrons. The number of phenolic OH excluding ortho intramolecular Hbond substituents is 1. The van der Waals surface area contributed by atoms with Crippen LogP contribution in [0.15, 0.2) is 29.8 Å². The number of aromatic nitrogens is 1. The molecule has 0 saturated carbocycles. The normalized spacial score (nSPS) is 32.7. The van der Waals surface area contributed by atoms with Gasteiger partial charge in [0.1, 0.15) is 10.6 Å². The van der Waals surface area contributed by atoms with Crippen molar-refractivity contribution >= 4 is 17.2 Å². The molecule has 4 aliphatic rings. The van der Waals surface area contributed by atoms with Gasteiger partial charge in [0.2, 0.25) is 0 Å². The van der Waals surface area contributed by atoms with Gasteiger partial charge >= 0.3 is 0 Å². The highest BCUT2D eigenvalue weighted by Gasteiger charge is 2.54. The van der Waals surface area contributed by atoms with Crippen molar-refractivity contribution in [2.45, 2.75) is 37.8 Å². The Balaban J connectivity index is 1.55. The summed E-state index contributed by atoms with van der Waals surface area (Å²) in [6, 6.07) is 8.23. The molecule has 6 heteroatoms. The molecule has 1 amide bonds. The van der Waals surface area contributed by atoms with E-state index >= 15 is 0 Å². The lowest BCUT2D eigenvalue weighted by atomic mass is 9.75. The molecular weight excluding hydrogens is 346 g/mol. The number of fused-ring (bicyclic) bond motifs is 2. The van der Waals surface area contributed by atoms with Gasteiger partial charge in [0.05, 0.1) is 17.2 Å². The van der Waals surface area contributed by atoms with Crippen LogP contribution in [0.25, 0.3) is 0 Å². The van der Waals surface area contributed by atoms with Crippen LogP contribution in [0.1, 0.15) is 39.7 Å². The van der Waals surface area contributed by atoms with Gasteiger partial charge < -0.3 is 10.0 Å². The summed E-state index contributed by atoms with van der Waals surface area (Å²) in [5.41, 5.74) is 3.74. The summed E-state index contributed by atoms with van der Waals surface area (Å²) in [5.74, 6) is 1.28. The quantitative estimate of drug-likeness (QED) is 0.884. The van der Waals surface area contributed by atoms with E-state index in [4.69, 9.17) is 0 Å². The Bertz CT molecular complexity index is 843. The first-order valence-corrected chi connectivity index (χ1v) is 10.3. The number of aryl methyl sites for hydroxylation is 1. The van der Waals surface area contributed by atoms with Gasteiger partial charge in [0.15, 0.2) is 0 Å². The third-order valence-corrected chi connectivity index (χ3v) is 7.41. The van der Waals surface area contributed by atoms with Crippen LogP contribution in [0, 0.1) is 12.8 Å². The summed E-state index contributed by atoms with van der Waals surface area (Å²) >= 11 is 1.45. The van der Waals surface area contributed by atoms with E-state index in [9.17, 15) is 9.90 Å². The second-order valence-corrected chi connectivity index (χ2v) is 8.64. The first-order chi connectivity index (χ1) is 12.6. The molecule has 6 rings (SSSR count). The van der Waals surface area contributed by atoms with Crippen LogP contribution < -0.4 is 0 Å². The molecule has 5 heterocycles. The molecule has 1 aromatic carbocycles. The molecule has 0 aliphatic carbocycles. The number of hydrogen-bond donors (Lipinski definition) is 1. The van der Waals surface area contributed by atoms with E-state index in [0.29, 0.717) is 17.7 Å². The van der Waals surface area contributed by atoms with E-state index in [-0.39, 0.29) is 17.9 Å². The smallest absolute Gasteiger partial charge is 0.266 e. The van der Waals surface area contributed by atoms with Gasteiger partial charge in [-0.3, -0.25) is 9.69 Å². The van der Waals surface area contributed by atoms with Gasteiger partial charge in [-0.25, -0.2) is 4.98 Å². The first-order valence-electron chi connectivity index (χ1n) is 9.37. The average molecular weight is 369 g/mol. The summed E-state index contributed by atoms with van der Waals surface area (Å²) in [6.07, 6.45) is 2.36. The SMILES string of the molecule is Cc1ncsc1C(=O)N1C[C@H](c2cccc(O)c2)[C@H]2[C@@H]1C1CCN2CC1. The minimum Gasteiger partial charge on any atom is -0.508 e. The topological polar surface area (TPSA) is 56.7 Å². The van der Waals surface area contributed by atoms with Crippen molar-refractivity contribution < 1.29 is 9.90 Å². The number of aromatic hydroxyl groups is 1. The van der Waals surface area contributed by atoms with E-state index < -0.39 is 0 Å². The molecule has 4 fully saturated rings. The molecule has 1 aromatic heterocycles. The van der Waals surface area contributed by atoms with Crippen molar-refractivity contribution in [1.82, 2.24) is 14.8 Å². The number of hydrogen-bond acceptors (Lipinski definition) is 5. The van der Waals surface area contributed by atoms with Crippen molar-refractivity contribution in [1.29, 1.82) is 0 Å². The van der Waals surface area contributed by atoms with Crippen LogP contribution >= 0.6 is 11.3 Å². The Morgan fingerprint density at radius 1 is 1.27 bits per heavy atom. The molecule has 2 bridgehead atoms. The number of benzene rings is 1. The lowest BCUT2D eigenvalue weighted by molar-refractivity contribution is -0.00329. The highest BCUT2D eigenvalue weighted by Crippen LogP contribution is 2.47. The number of likely N-dealkylation sites (tertiary alicyclic amines) is 1. The molecule has 4 aliphatic heterocycles. The molecule has 4 saturated heterocycles. The number of thiazole rings is 1. The van der Waals surface area contributed by atoms with E-state index in [1.165, 1.54) is 24.2 Å². The lowest BCUT2D eigenvalue weighted by Gasteiger charge is -2.51. The van der Waals surface area contributed by atoms with Crippen LogP contribution in [0.4, 0.5) is 0 Å². The molecule has 3 atom stereocenters. The van der Waals surface area contributed by atoms with Crippen molar-refractivity contribution in [3.63, 3.8) is 0 Å². The lowest BCUT2D eigenvalue weighted by Crippen LogP contribution is -2.60. The fraction of sp³-hybridized carbons (Fsp3) is 0.500. The average Bonchev–Trinajstić information content (AvgIpc) is 3.27. The maximum Gasteiger partial charge on any atom is 0.266 e. The Morgan fingerprint density at radius 3 is 2.77 bits per heavy atom. The second-order valence-electron chi connectivity index (χ2n) is 7.78. The molecule has 0 spiro atoms. The van der Waals surface area contributed by atoms with Gasteiger partial charge in [0.25, 0.3) is 5.91 Å². The first kappa shape index (κ1) is 16.3. The predicted octanol–water partition coefficient (Wildman–Crippen LogP) is 2.86. The van der Waals surface area contributed by atoms with Gasteiger partial charge in [-0.05, 0) is 56.5 Å². The number of nitrogens with zero attached hydrogens (tertiary/aromatic N) is 3. The molecule has 26 heavy (non-hydrogen) atoms. The summed E-state index contributed by atoms with van der Waals surface area (Å²) in [4.78, 5) is 23.1. The maximum atomic E-state index is 13.3. The summed E-state index contributed by atoms with van der Waals surface area (Å²) in [6.45, 7) is 4.90. The van der Waals surface area contributed by atoms with Crippen molar-refractivity contribution in [2.24, 2.45) is 5.92 Å². The number of phenols is 1. The number of piperidine rings is 3. The summed E-state index contributed by atoms with van der Waals surface area (Å²) < 4.78 is 0. The maximum absolute atomic E-state index is 13.3. The Morgan fingerprint density at radius 2 is 2.08 bits per heavy atom. The Hall–Kier alpha value is -1.92. The number of carbonyl (C=O) groups is 1. The van der Waals surface area contributed by atoms with E-state index in [0.717, 1.165) is 35.8 Å². The zero-order valence-corrected chi connectivity index (χ0v) is 15.7. The fourth-order valence-electron chi connectivity index (χ4n) is 5.34. The second kappa shape index (κ2) is 6.06. The third kappa shape index (κ3) is 2.39. The predicted molar refractivity (Wildman–Crippen MR) is 101 cm³/mol. The van der Waals surface area contributed by atoms with Gasteiger partial charge in [-0.15, -0.1) is 11.3 Å². The standard InChI is InChI=1S/C20H23N3O2S/c1-12-19(26-11-21-12)20(25)23-10-16(14-3-2-4-15(24)9-14)18-17(23)13-5-7-22(18)8-6-13/h2-4,9,11,13,16-18,24H,5-8,10H2,1H3/t16-,17+,18+/m1/s1. The Labute approximate surface area is 157 Å². The number of amides is 1. The molecule has 2 aromatic rings. The van der Waals surface area contributed by atoms with Crippen molar-refractivity contribution in [3.8, 4) is 5.75 Å². The monoisotopic (exact) mass is 369 g/mol. The van der Waals surface area contributed by atoms with E-state index in [1.54, 1.807) is 11.6 Å². The minimum atomic E-state index is 0.136. The molecule has 0 unspecified atom stereocenters. The third-order valence-electron chi connectivity index (χ3n) is 6.49. The minimum absolute atomic E-state index is 0.136. The van der Waals surface area contributed by atoms with Crippen molar-refractivity contribution in [3.05, 3.63) is 45.9 Å². The zero-order valence-electron chi connectivity index (χ0n) is 14.8. The van der Waals surface area contributed by atoms with Crippen LogP contribution in [-0.2, 0) is 0 Å². The summed E-state index contributed by atoms with van der Waals surface area (Å²) in [5, 5.41) is 9.96. The van der Waals surface area contributed by atoms with Crippen LogP contribution in [-0.4, -0.2) is 57.5 Å². The highest BCUT2D eigenvalue weighted by atomic mass is 32.1. The van der Waals surface area contributed by atoms with E-state index in [1.807, 2.05) is 19.1 Å². The molecular formula is C20H23N3O2S. The van der Waals surface area contributed by atoms with Crippen molar-refractivity contribution in [2.75, 3.05) is 19.6 Å². The van der Waals surface area contributed by atoms with Gasteiger partial charge in [-0.1, -0.05) is 12.1 Å². The van der Waals surface area contributed by atoms with Crippen LogP contribution in [0.3, 0.4) is 0 Å². The number of rotatable bonds is 2. The van der Waals surface area contributed by atoms with E-state index in [2.05, 4.69) is 20.9 Å². The fourth-order valence-corrected chi connectivity index (χ4v) is 6.10. The van der Waals surface area contributed by atoms with Crippen LogP contribution in [0.2, 0.25) is 0 Å². The molecule has 5 nitrogen and oxygen atoms in total. The largest absolute Gasteiger partial charge is 0.508 e. The van der Waals surface area contributed by atoms with Crippen LogP contribution in [0.5, 0.6) is 5.75 Å². The zero-order chi connectivity index (χ0) is 17.8. The Kier molecular flexibility index (Phi) is 3.79. The van der Waals surface area contributed by atoms with Gasteiger partial charge in [-0.2, -0.15) is 0 Å².